The van der Waals surface area contributed by atoms with Crippen LogP contribution in [0.1, 0.15) is 0 Å². The van der Waals surface area contributed by atoms with Crippen molar-refractivity contribution >= 4 is 5.91 Å². The molecule has 0 saturated heterocycles. The molecule has 0 spiro atoms. The zero-order valence-electron chi connectivity index (χ0n) is 5.69. The molecule has 0 aliphatic rings. The minimum Gasteiger partial charge on any atom is -0.286 e. The van der Waals surface area contributed by atoms with E-state index in [2.05, 4.69) is 0 Å². The van der Waals surface area contributed by atoms with Crippen LogP contribution < -0.4 is 0 Å². The summed E-state index contributed by atoms with van der Waals surface area (Å²) in [6.45, 7) is 0. The Morgan fingerprint density at radius 1 is 1.25 bits per heavy atom. The van der Waals surface area contributed by atoms with E-state index < -0.39 is 23.1 Å². The zero-order valence-corrected chi connectivity index (χ0v) is 5.69. The molecule has 0 heterocycles. The Bertz CT molecular complexity index is 186. The molecule has 0 radical (unpaired) electrons. The van der Waals surface area contributed by atoms with Crippen molar-refractivity contribution in [2.45, 2.75) is 12.1 Å². The largest absolute Gasteiger partial charge is 0.463 e. The van der Waals surface area contributed by atoms with Gasteiger partial charge in [-0.2, -0.15) is 22.0 Å². The van der Waals surface area contributed by atoms with Gasteiger partial charge in [0.1, 0.15) is 0 Å². The fourth-order valence-corrected chi connectivity index (χ4v) is 0.324. The zero-order chi connectivity index (χ0) is 10.2. The molecule has 0 aromatic heterocycles. The predicted octanol–water partition coefficient (Wildman–Crippen LogP) is 1.03. The van der Waals surface area contributed by atoms with Gasteiger partial charge in [0.25, 0.3) is 0 Å². The number of hydroxylamine groups is 2. The van der Waals surface area contributed by atoms with E-state index in [0.717, 1.165) is 0 Å². The Morgan fingerprint density at radius 2 is 1.58 bits per heavy atom. The van der Waals surface area contributed by atoms with Crippen LogP contribution in [0.4, 0.5) is 22.0 Å². The second-order valence-electron chi connectivity index (χ2n) is 1.90. The van der Waals surface area contributed by atoms with Crippen LogP contribution in [0.3, 0.4) is 0 Å². The van der Waals surface area contributed by atoms with Gasteiger partial charge < -0.3 is 0 Å². The molecule has 0 atom stereocenters. The van der Waals surface area contributed by atoms with Crippen molar-refractivity contribution in [3.63, 3.8) is 0 Å². The van der Waals surface area contributed by atoms with Gasteiger partial charge in [-0.05, 0) is 0 Å². The molecule has 0 rings (SSSR count). The van der Waals surface area contributed by atoms with Gasteiger partial charge in [-0.25, -0.2) is 5.06 Å². The number of carbonyl (C=O) groups excluding carboxylic acids is 1. The second kappa shape index (κ2) is 2.85. The Kier molecular flexibility index (Phi) is 2.63. The summed E-state index contributed by atoms with van der Waals surface area (Å²) in [4.78, 5) is 10.0. The highest BCUT2D eigenvalue weighted by molar-refractivity contribution is 5.83. The van der Waals surface area contributed by atoms with Crippen molar-refractivity contribution in [2.24, 2.45) is 0 Å². The van der Waals surface area contributed by atoms with Crippen molar-refractivity contribution in [3.8, 4) is 0 Å². The number of hydrogen-bond acceptors (Lipinski definition) is 2. The van der Waals surface area contributed by atoms with Crippen LogP contribution in [0.25, 0.3) is 0 Å². The highest BCUT2D eigenvalue weighted by Crippen LogP contribution is 2.36. The summed E-state index contributed by atoms with van der Waals surface area (Å²) in [5, 5.41) is 7.21. The molecule has 72 valence electrons. The molecule has 1 amide bonds. The molecule has 3 nitrogen and oxygen atoms in total. The molecule has 0 bridgehead atoms. The van der Waals surface area contributed by atoms with E-state index in [1.807, 2.05) is 0 Å². The molecule has 0 fully saturated rings. The third kappa shape index (κ3) is 1.81. The fourth-order valence-electron chi connectivity index (χ4n) is 0.324. The summed E-state index contributed by atoms with van der Waals surface area (Å²) in [7, 11) is 0.377. The molecule has 1 N–H and O–H groups in total. The lowest BCUT2D eigenvalue weighted by Crippen LogP contribution is -2.50. The molecular weight excluding hydrogens is 189 g/mol. The maximum absolute atomic E-state index is 11.9. The SMILES string of the molecule is CN(O)C(=O)C(F)(F)C(F)(F)F. The minimum atomic E-state index is -5.99. The molecule has 8 heteroatoms. The van der Waals surface area contributed by atoms with Gasteiger partial charge in [0.15, 0.2) is 0 Å². The molecule has 0 aromatic rings. The summed E-state index contributed by atoms with van der Waals surface area (Å²) >= 11 is 0. The number of carbonyl (C=O) groups is 1. The Balaban J connectivity index is 4.74. The third-order valence-electron chi connectivity index (χ3n) is 0.919. The first-order valence-corrected chi connectivity index (χ1v) is 2.52. The highest BCUT2D eigenvalue weighted by atomic mass is 19.4. The quantitative estimate of drug-likeness (QED) is 0.384. The fraction of sp³-hybridized carbons (Fsp3) is 0.750. The van der Waals surface area contributed by atoms with E-state index in [9.17, 15) is 26.7 Å². The first-order valence-electron chi connectivity index (χ1n) is 2.52. The van der Waals surface area contributed by atoms with Crippen LogP contribution in [0, 0.1) is 0 Å². The Hall–Kier alpha value is -0.920. The van der Waals surface area contributed by atoms with Crippen LogP contribution in [0.2, 0.25) is 0 Å². The van der Waals surface area contributed by atoms with E-state index in [-0.39, 0.29) is 0 Å². The van der Waals surface area contributed by atoms with Crippen molar-refractivity contribution in [1.82, 2.24) is 5.06 Å². The molecule has 0 saturated carbocycles. The van der Waals surface area contributed by atoms with Crippen molar-refractivity contribution in [2.75, 3.05) is 7.05 Å². The maximum atomic E-state index is 11.9. The molecule has 0 aromatic carbocycles. The summed E-state index contributed by atoms with van der Waals surface area (Å²) in [5.41, 5.74) is 0. The maximum Gasteiger partial charge on any atom is 0.463 e. The highest BCUT2D eigenvalue weighted by Gasteiger charge is 2.64. The Morgan fingerprint density at radius 3 is 1.67 bits per heavy atom. The number of halogens is 5. The van der Waals surface area contributed by atoms with Gasteiger partial charge in [-0.15, -0.1) is 0 Å². The molecule has 12 heavy (non-hydrogen) atoms. The number of rotatable bonds is 1. The lowest BCUT2D eigenvalue weighted by molar-refractivity contribution is -0.283. The van der Waals surface area contributed by atoms with Gasteiger partial charge in [0, 0.05) is 7.05 Å². The Labute approximate surface area is 63.3 Å². The first-order chi connectivity index (χ1) is 5.10. The van der Waals surface area contributed by atoms with Crippen molar-refractivity contribution in [1.29, 1.82) is 0 Å². The smallest absolute Gasteiger partial charge is 0.286 e. The number of amides is 1. The standard InChI is InChI=1S/C4H4F5NO2/c1-10(12)2(11)3(5,6)4(7,8)9/h12H,1H3. The van der Waals surface area contributed by atoms with Crippen LogP contribution in [-0.4, -0.2) is 35.3 Å². The lowest BCUT2D eigenvalue weighted by Gasteiger charge is -2.20. The predicted molar refractivity (Wildman–Crippen MR) is 25.6 cm³/mol. The number of hydrogen-bond donors (Lipinski definition) is 1. The topological polar surface area (TPSA) is 40.5 Å². The van der Waals surface area contributed by atoms with Crippen LogP contribution in [0.15, 0.2) is 0 Å². The summed E-state index contributed by atoms with van der Waals surface area (Å²) in [6, 6.07) is 0. The normalized spacial score (nSPS) is 12.9. The monoisotopic (exact) mass is 193 g/mol. The van der Waals surface area contributed by atoms with E-state index in [1.54, 1.807) is 0 Å². The van der Waals surface area contributed by atoms with E-state index in [4.69, 9.17) is 5.21 Å². The van der Waals surface area contributed by atoms with Crippen LogP contribution >= 0.6 is 0 Å². The minimum absolute atomic E-state index is 0.377. The summed E-state index contributed by atoms with van der Waals surface area (Å²) in [5.74, 6) is -8.26. The lowest BCUT2D eigenvalue weighted by atomic mass is 10.3. The van der Waals surface area contributed by atoms with Crippen LogP contribution in [-0.2, 0) is 4.79 Å². The molecule has 0 unspecified atom stereocenters. The average molecular weight is 193 g/mol. The van der Waals surface area contributed by atoms with Crippen LogP contribution in [0.5, 0.6) is 0 Å². The number of nitrogens with zero attached hydrogens (tertiary/aromatic N) is 1. The van der Waals surface area contributed by atoms with Gasteiger partial charge in [0.05, 0.1) is 0 Å². The van der Waals surface area contributed by atoms with E-state index >= 15 is 0 Å². The van der Waals surface area contributed by atoms with Gasteiger partial charge in [-0.3, -0.25) is 10.0 Å². The van der Waals surface area contributed by atoms with E-state index in [0.29, 0.717) is 7.05 Å². The summed E-state index contributed by atoms with van der Waals surface area (Å²) < 4.78 is 57.8. The summed E-state index contributed by atoms with van der Waals surface area (Å²) in [6.07, 6.45) is -5.99. The average Bonchev–Trinajstić information content (AvgIpc) is 1.83. The first kappa shape index (κ1) is 11.1. The molecule has 0 aliphatic heterocycles. The number of alkyl halides is 5. The van der Waals surface area contributed by atoms with E-state index in [1.165, 1.54) is 0 Å². The van der Waals surface area contributed by atoms with Crippen molar-refractivity contribution in [3.05, 3.63) is 0 Å². The molecular formula is C4H4F5NO2. The van der Waals surface area contributed by atoms with Gasteiger partial charge in [-0.1, -0.05) is 0 Å². The van der Waals surface area contributed by atoms with Crippen molar-refractivity contribution < 1.29 is 32.0 Å². The second-order valence-corrected chi connectivity index (χ2v) is 1.90. The van der Waals surface area contributed by atoms with Gasteiger partial charge in [0.2, 0.25) is 0 Å². The molecule has 0 aliphatic carbocycles. The third-order valence-corrected chi connectivity index (χ3v) is 0.919. The van der Waals surface area contributed by atoms with Gasteiger partial charge >= 0.3 is 18.0 Å².